The van der Waals surface area contributed by atoms with Crippen LogP contribution in [0.2, 0.25) is 0 Å². The van der Waals surface area contributed by atoms with Gasteiger partial charge in [-0.25, -0.2) is 4.57 Å². The minimum absolute atomic E-state index is 0. The lowest BCUT2D eigenvalue weighted by Crippen LogP contribution is -2.24. The lowest BCUT2D eigenvalue weighted by Gasteiger charge is -2.03. The fourth-order valence-electron chi connectivity index (χ4n) is 0.464. The highest BCUT2D eigenvalue weighted by Gasteiger charge is 2.11. The molecule has 0 saturated carbocycles. The fourth-order valence-corrected chi connectivity index (χ4v) is 1.92. The number of hydrogen-bond donors (Lipinski definition) is 4. The molecule has 7 N–H and O–H groups in total. The minimum Gasteiger partial charge on any atom is -0.412 e. The van der Waals surface area contributed by atoms with E-state index in [0.29, 0.717) is 36.8 Å². The summed E-state index contributed by atoms with van der Waals surface area (Å²) in [7, 11) is 0. The molecule has 12 heavy (non-hydrogen) atoms. The van der Waals surface area contributed by atoms with Gasteiger partial charge < -0.3 is 26.3 Å². The van der Waals surface area contributed by atoms with Crippen molar-refractivity contribution in [3.05, 3.63) is 0 Å². The van der Waals surface area contributed by atoms with E-state index >= 15 is 0 Å². The summed E-state index contributed by atoms with van der Waals surface area (Å²) >= 11 is 0.647. The van der Waals surface area contributed by atoms with Gasteiger partial charge in [0.15, 0.2) is 0 Å². The number of hydrogen-bond acceptors (Lipinski definition) is 4. The Balaban J connectivity index is 0. The molecule has 0 heterocycles. The molecule has 8 heteroatoms. The number of nitrogens with two attached hydrogens (primary N) is 1. The summed E-state index contributed by atoms with van der Waals surface area (Å²) in [4.78, 5) is 16.8. The Morgan fingerprint density at radius 1 is 1.42 bits per heavy atom. The third-order valence-corrected chi connectivity index (χ3v) is 3.14. The van der Waals surface area contributed by atoms with Crippen LogP contribution in [0.3, 0.4) is 0 Å². The van der Waals surface area contributed by atoms with Gasteiger partial charge in [0.05, 0.1) is 0 Å². The highest BCUT2D eigenvalue weighted by Crippen LogP contribution is 2.49. The first-order chi connectivity index (χ1) is 5.06. The normalized spacial score (nSPS) is 10.9. The van der Waals surface area contributed by atoms with Gasteiger partial charge in [-0.05, 0) is 11.4 Å². The van der Waals surface area contributed by atoms with Gasteiger partial charge in [0, 0.05) is 25.4 Å². The lowest BCUT2D eigenvalue weighted by molar-refractivity contribution is 0.397. The molecule has 0 radical (unpaired) electrons. The maximum Gasteiger partial charge on any atom is 0.384 e. The topological polar surface area (TPSA) is 127 Å². The van der Waals surface area contributed by atoms with Crippen molar-refractivity contribution in [2.75, 3.05) is 25.4 Å². The molecule has 6 nitrogen and oxygen atoms in total. The first-order valence-electron chi connectivity index (χ1n) is 3.17. The second kappa shape index (κ2) is 8.00. The van der Waals surface area contributed by atoms with Gasteiger partial charge in [0.1, 0.15) is 0 Å². The molecule has 0 bridgehead atoms. The van der Waals surface area contributed by atoms with E-state index in [9.17, 15) is 4.57 Å². The van der Waals surface area contributed by atoms with Crippen molar-refractivity contribution in [2.45, 2.75) is 0 Å². The van der Waals surface area contributed by atoms with Crippen molar-refractivity contribution in [2.24, 2.45) is 5.73 Å². The van der Waals surface area contributed by atoms with E-state index in [-0.39, 0.29) is 5.48 Å². The summed E-state index contributed by atoms with van der Waals surface area (Å²) in [5.41, 5.74) is 5.17. The molecule has 0 aromatic heterocycles. The van der Waals surface area contributed by atoms with Crippen molar-refractivity contribution in [1.29, 1.82) is 0 Å². The quantitative estimate of drug-likeness (QED) is 0.318. The van der Waals surface area contributed by atoms with Crippen molar-refractivity contribution < 1.29 is 19.8 Å². The second-order valence-electron chi connectivity index (χ2n) is 1.86. The van der Waals surface area contributed by atoms with Gasteiger partial charge in [-0.2, -0.15) is 0 Å². The summed E-state index contributed by atoms with van der Waals surface area (Å²) < 4.78 is 10.3. The predicted octanol–water partition coefficient (Wildman–Crippen LogP) is -1.46. The van der Waals surface area contributed by atoms with Crippen molar-refractivity contribution in [3.63, 3.8) is 0 Å². The smallest absolute Gasteiger partial charge is 0.384 e. The van der Waals surface area contributed by atoms with Gasteiger partial charge in [0.2, 0.25) is 0 Å². The summed E-state index contributed by atoms with van der Waals surface area (Å²) in [5, 5.41) is 2.92. The van der Waals surface area contributed by atoms with Crippen LogP contribution in [0.25, 0.3) is 0 Å². The third kappa shape index (κ3) is 13.0. The Kier molecular flexibility index (Phi) is 9.92. The lowest BCUT2D eigenvalue weighted by atomic mass is 10.6. The number of nitrogens with one attached hydrogen (secondary N) is 1. The van der Waals surface area contributed by atoms with Crippen LogP contribution in [0.1, 0.15) is 0 Å². The second-order valence-corrected chi connectivity index (χ2v) is 5.71. The van der Waals surface area contributed by atoms with E-state index in [1.54, 1.807) is 0 Å². The molecule has 76 valence electrons. The van der Waals surface area contributed by atoms with E-state index in [1.807, 2.05) is 0 Å². The minimum atomic E-state index is -3.87. The van der Waals surface area contributed by atoms with E-state index in [4.69, 9.17) is 15.5 Å². The van der Waals surface area contributed by atoms with E-state index in [2.05, 4.69) is 5.32 Å². The average molecular weight is 218 g/mol. The third-order valence-electron chi connectivity index (χ3n) is 0.859. The highest BCUT2D eigenvalue weighted by atomic mass is 32.7. The van der Waals surface area contributed by atoms with Crippen LogP contribution in [0.15, 0.2) is 0 Å². The average Bonchev–Trinajstić information content (AvgIpc) is 1.85. The van der Waals surface area contributed by atoms with Crippen LogP contribution < -0.4 is 11.1 Å². The zero-order chi connectivity index (χ0) is 8.74. The zero-order valence-electron chi connectivity index (χ0n) is 6.56. The van der Waals surface area contributed by atoms with Crippen molar-refractivity contribution >= 4 is 18.2 Å². The standard InChI is InChI=1S/C4H13N2O3PS.H2O/c5-1-2-6-3-4-11-10(7,8)9;/h6H,1-5H2,(H2,7,8,9);1H2. The molecule has 0 aliphatic carbocycles. The molecule has 0 saturated heterocycles. The van der Waals surface area contributed by atoms with Gasteiger partial charge in [-0.3, -0.25) is 0 Å². The van der Waals surface area contributed by atoms with Crippen LogP contribution in [0, 0.1) is 0 Å². The molecule has 0 unspecified atom stereocenters. The van der Waals surface area contributed by atoms with Crippen molar-refractivity contribution in [1.82, 2.24) is 5.32 Å². The molecule has 0 aliphatic rings. The molecular formula is C4H15N2O4PS. The monoisotopic (exact) mass is 218 g/mol. The first kappa shape index (κ1) is 14.9. The van der Waals surface area contributed by atoms with Gasteiger partial charge in [-0.1, -0.05) is 0 Å². The Labute approximate surface area is 75.1 Å². The van der Waals surface area contributed by atoms with Crippen LogP contribution in [-0.2, 0) is 4.57 Å². The maximum atomic E-state index is 10.3. The molecule has 0 aromatic rings. The Bertz CT molecular complexity index is 141. The van der Waals surface area contributed by atoms with Crippen LogP contribution in [-0.4, -0.2) is 40.7 Å². The molecule has 0 atom stereocenters. The van der Waals surface area contributed by atoms with Crippen LogP contribution >= 0.6 is 18.2 Å². The SMILES string of the molecule is NCCNCCSP(=O)(O)O.O. The van der Waals surface area contributed by atoms with Gasteiger partial charge >= 0.3 is 6.80 Å². The van der Waals surface area contributed by atoms with Crippen molar-refractivity contribution in [3.8, 4) is 0 Å². The Hall–Kier alpha value is 0.380. The molecule has 0 amide bonds. The Morgan fingerprint density at radius 3 is 2.42 bits per heavy atom. The molecule has 0 spiro atoms. The van der Waals surface area contributed by atoms with Gasteiger partial charge in [-0.15, -0.1) is 0 Å². The highest BCUT2D eigenvalue weighted by molar-refractivity contribution is 8.54. The fraction of sp³-hybridized carbons (Fsp3) is 1.00. The number of rotatable bonds is 6. The van der Waals surface area contributed by atoms with Gasteiger partial charge in [0.25, 0.3) is 0 Å². The largest absolute Gasteiger partial charge is 0.412 e. The molecular weight excluding hydrogens is 203 g/mol. The van der Waals surface area contributed by atoms with Crippen LogP contribution in [0.4, 0.5) is 0 Å². The molecule has 0 rings (SSSR count). The van der Waals surface area contributed by atoms with E-state index < -0.39 is 6.80 Å². The summed E-state index contributed by atoms with van der Waals surface area (Å²) in [6, 6.07) is 0. The summed E-state index contributed by atoms with van der Waals surface area (Å²) in [6.07, 6.45) is 0. The summed E-state index contributed by atoms with van der Waals surface area (Å²) in [5.74, 6) is 0.407. The maximum absolute atomic E-state index is 10.3. The molecule has 0 aromatic carbocycles. The first-order valence-corrected chi connectivity index (χ1v) is 6.37. The van der Waals surface area contributed by atoms with E-state index in [1.165, 1.54) is 0 Å². The predicted molar refractivity (Wildman–Crippen MR) is 50.0 cm³/mol. The Morgan fingerprint density at radius 2 is 2.00 bits per heavy atom. The zero-order valence-corrected chi connectivity index (χ0v) is 8.27. The van der Waals surface area contributed by atoms with E-state index in [0.717, 1.165) is 0 Å². The summed E-state index contributed by atoms with van der Waals surface area (Å²) in [6.45, 7) is -2.07. The molecule has 0 aliphatic heterocycles. The van der Waals surface area contributed by atoms with Crippen LogP contribution in [0.5, 0.6) is 0 Å². The molecule has 0 fully saturated rings.